The number of nitrogens with zero attached hydrogens (tertiary/aromatic N) is 2. The Morgan fingerprint density at radius 1 is 1.50 bits per heavy atom. The summed E-state index contributed by atoms with van der Waals surface area (Å²) in [6.45, 7) is 2.76. The molecule has 0 aliphatic heterocycles. The lowest BCUT2D eigenvalue weighted by atomic mass is 10.0. The molecule has 1 heterocycles. The zero-order chi connectivity index (χ0) is 13.1. The number of halogens is 2. The lowest BCUT2D eigenvalue weighted by Gasteiger charge is -2.19. The summed E-state index contributed by atoms with van der Waals surface area (Å²) in [5.74, 6) is 5.69. The maximum absolute atomic E-state index is 6.21. The normalized spacial score (nSPS) is 12.7. The number of benzene rings is 1. The first-order valence-corrected chi connectivity index (χ1v) is 6.77. The van der Waals surface area contributed by atoms with E-state index < -0.39 is 0 Å². The fourth-order valence-corrected chi connectivity index (χ4v) is 2.70. The Bertz CT molecular complexity index is 541. The number of nitrogens with one attached hydrogen (secondary N) is 1. The smallest absolute Gasteiger partial charge is 0.0904 e. The molecule has 0 radical (unpaired) electrons. The highest BCUT2D eigenvalue weighted by Gasteiger charge is 2.22. The topological polar surface area (TPSA) is 55.9 Å². The average Bonchev–Trinajstić information content (AvgIpc) is 2.74. The van der Waals surface area contributed by atoms with Crippen LogP contribution in [0.15, 0.2) is 34.9 Å². The maximum atomic E-state index is 6.21. The maximum Gasteiger partial charge on any atom is 0.0904 e. The molecule has 0 fully saturated rings. The third kappa shape index (κ3) is 2.44. The van der Waals surface area contributed by atoms with Gasteiger partial charge >= 0.3 is 0 Å². The van der Waals surface area contributed by atoms with Gasteiger partial charge in [-0.2, -0.15) is 5.10 Å². The van der Waals surface area contributed by atoms with Gasteiger partial charge in [-0.15, -0.1) is 0 Å². The third-order valence-electron chi connectivity index (χ3n) is 2.79. The van der Waals surface area contributed by atoms with Crippen LogP contribution in [0.5, 0.6) is 0 Å². The average molecular weight is 330 g/mol. The largest absolute Gasteiger partial charge is 0.271 e. The van der Waals surface area contributed by atoms with Crippen LogP contribution in [-0.4, -0.2) is 9.78 Å². The molecule has 0 saturated carbocycles. The van der Waals surface area contributed by atoms with Crippen LogP contribution in [0.3, 0.4) is 0 Å². The molecule has 0 bridgehead atoms. The monoisotopic (exact) mass is 328 g/mol. The second-order valence-corrected chi connectivity index (χ2v) is 5.08. The summed E-state index contributed by atoms with van der Waals surface area (Å²) in [5.41, 5.74) is 4.70. The van der Waals surface area contributed by atoms with Gasteiger partial charge < -0.3 is 0 Å². The fourth-order valence-electron chi connectivity index (χ4n) is 1.94. The van der Waals surface area contributed by atoms with Crippen molar-refractivity contribution < 1.29 is 0 Å². The van der Waals surface area contributed by atoms with Crippen LogP contribution >= 0.6 is 27.5 Å². The zero-order valence-corrected chi connectivity index (χ0v) is 12.2. The molecule has 4 nitrogen and oxygen atoms in total. The van der Waals surface area contributed by atoms with E-state index in [0.717, 1.165) is 22.3 Å². The van der Waals surface area contributed by atoms with Crippen molar-refractivity contribution in [2.75, 3.05) is 0 Å². The number of hydrogen-bond acceptors (Lipinski definition) is 3. The summed E-state index contributed by atoms with van der Waals surface area (Å²) >= 11 is 9.73. The van der Waals surface area contributed by atoms with E-state index in [4.69, 9.17) is 17.4 Å². The highest BCUT2D eigenvalue weighted by molar-refractivity contribution is 9.10. The van der Waals surface area contributed by atoms with E-state index in [2.05, 4.69) is 26.5 Å². The molecule has 1 aromatic carbocycles. The van der Waals surface area contributed by atoms with E-state index in [0.29, 0.717) is 5.02 Å². The van der Waals surface area contributed by atoms with E-state index in [1.807, 2.05) is 35.9 Å². The highest BCUT2D eigenvalue weighted by Crippen LogP contribution is 2.31. The summed E-state index contributed by atoms with van der Waals surface area (Å²) in [6, 6.07) is 7.69. The van der Waals surface area contributed by atoms with Gasteiger partial charge in [-0.1, -0.05) is 45.7 Å². The van der Waals surface area contributed by atoms with Gasteiger partial charge in [-0.05, 0) is 18.6 Å². The van der Waals surface area contributed by atoms with Crippen molar-refractivity contribution in [3.8, 4) is 0 Å². The van der Waals surface area contributed by atoms with Crippen LogP contribution in [-0.2, 0) is 6.54 Å². The van der Waals surface area contributed by atoms with E-state index in [1.165, 1.54) is 0 Å². The molecule has 3 N–H and O–H groups in total. The Kier molecular flexibility index (Phi) is 4.40. The van der Waals surface area contributed by atoms with E-state index in [9.17, 15) is 0 Å². The van der Waals surface area contributed by atoms with Gasteiger partial charge in [0.1, 0.15) is 0 Å². The van der Waals surface area contributed by atoms with Crippen molar-refractivity contribution in [2.45, 2.75) is 19.5 Å². The molecule has 0 saturated heterocycles. The SMILES string of the molecule is CCn1ncc(Cl)c1C(NN)c1ccccc1Br. The summed E-state index contributed by atoms with van der Waals surface area (Å²) in [4.78, 5) is 0. The molecule has 0 aliphatic rings. The Balaban J connectivity index is 2.52. The quantitative estimate of drug-likeness (QED) is 0.670. The molecule has 1 unspecified atom stereocenters. The molecule has 18 heavy (non-hydrogen) atoms. The summed E-state index contributed by atoms with van der Waals surface area (Å²) < 4.78 is 2.82. The molecule has 2 aromatic rings. The van der Waals surface area contributed by atoms with Crippen molar-refractivity contribution in [3.05, 3.63) is 51.2 Å². The minimum absolute atomic E-state index is 0.199. The lowest BCUT2D eigenvalue weighted by Crippen LogP contribution is -2.31. The Labute approximate surface area is 119 Å². The number of hydrazine groups is 1. The van der Waals surface area contributed by atoms with Crippen molar-refractivity contribution in [3.63, 3.8) is 0 Å². The number of aryl methyl sites for hydroxylation is 1. The molecule has 0 spiro atoms. The van der Waals surface area contributed by atoms with E-state index >= 15 is 0 Å². The number of aromatic nitrogens is 2. The lowest BCUT2D eigenvalue weighted by molar-refractivity contribution is 0.542. The Morgan fingerprint density at radius 2 is 2.22 bits per heavy atom. The summed E-state index contributed by atoms with van der Waals surface area (Å²) in [6.07, 6.45) is 1.64. The highest BCUT2D eigenvalue weighted by atomic mass is 79.9. The van der Waals surface area contributed by atoms with Crippen molar-refractivity contribution in [2.24, 2.45) is 5.84 Å². The second-order valence-electron chi connectivity index (χ2n) is 3.81. The van der Waals surface area contributed by atoms with Crippen molar-refractivity contribution >= 4 is 27.5 Å². The van der Waals surface area contributed by atoms with Gasteiger partial charge in [-0.25, -0.2) is 5.43 Å². The predicted molar refractivity (Wildman–Crippen MR) is 76.2 cm³/mol. The van der Waals surface area contributed by atoms with Crippen LogP contribution in [0, 0.1) is 0 Å². The Morgan fingerprint density at radius 3 is 2.83 bits per heavy atom. The van der Waals surface area contributed by atoms with Crippen LogP contribution in [0.1, 0.15) is 24.2 Å². The third-order valence-corrected chi connectivity index (χ3v) is 3.80. The van der Waals surface area contributed by atoms with Crippen LogP contribution in [0.25, 0.3) is 0 Å². The molecule has 96 valence electrons. The number of rotatable bonds is 4. The van der Waals surface area contributed by atoms with E-state index in [1.54, 1.807) is 6.20 Å². The summed E-state index contributed by atoms with van der Waals surface area (Å²) in [5, 5.41) is 4.84. The first-order valence-electron chi connectivity index (χ1n) is 5.60. The van der Waals surface area contributed by atoms with Crippen LogP contribution < -0.4 is 11.3 Å². The summed E-state index contributed by atoms with van der Waals surface area (Å²) in [7, 11) is 0. The molecule has 1 aromatic heterocycles. The van der Waals surface area contributed by atoms with Gasteiger partial charge in [0, 0.05) is 11.0 Å². The molecule has 1 atom stereocenters. The molecular weight excluding hydrogens is 316 g/mol. The second kappa shape index (κ2) is 5.84. The van der Waals surface area contributed by atoms with Gasteiger partial charge in [0.25, 0.3) is 0 Å². The van der Waals surface area contributed by atoms with Gasteiger partial charge in [0.15, 0.2) is 0 Å². The van der Waals surface area contributed by atoms with Crippen LogP contribution in [0.2, 0.25) is 5.02 Å². The molecule has 0 aliphatic carbocycles. The minimum atomic E-state index is -0.199. The predicted octanol–water partition coefficient (Wildman–Crippen LogP) is 2.87. The standard InChI is InChI=1S/C12H14BrClN4/c1-2-18-12(10(14)7-16-18)11(17-15)8-5-3-4-6-9(8)13/h3-7,11,17H,2,15H2,1H3. The zero-order valence-electron chi connectivity index (χ0n) is 9.90. The first-order chi connectivity index (χ1) is 8.69. The van der Waals surface area contributed by atoms with Crippen molar-refractivity contribution in [1.82, 2.24) is 15.2 Å². The van der Waals surface area contributed by atoms with Crippen molar-refractivity contribution in [1.29, 1.82) is 0 Å². The fraction of sp³-hybridized carbons (Fsp3) is 0.250. The van der Waals surface area contributed by atoms with E-state index in [-0.39, 0.29) is 6.04 Å². The minimum Gasteiger partial charge on any atom is -0.271 e. The number of hydrogen-bond donors (Lipinski definition) is 2. The van der Waals surface area contributed by atoms with Crippen LogP contribution in [0.4, 0.5) is 0 Å². The molecular formula is C12H14BrClN4. The first kappa shape index (κ1) is 13.5. The molecule has 2 rings (SSSR count). The molecule has 0 amide bonds. The molecule has 6 heteroatoms. The van der Waals surface area contributed by atoms with Gasteiger partial charge in [-0.3, -0.25) is 10.5 Å². The Hall–Kier alpha value is -0.880. The van der Waals surface area contributed by atoms with Gasteiger partial charge in [0.05, 0.1) is 23.0 Å². The van der Waals surface area contributed by atoms with Gasteiger partial charge in [0.2, 0.25) is 0 Å². The number of nitrogens with two attached hydrogens (primary N) is 1.